The summed E-state index contributed by atoms with van der Waals surface area (Å²) in [5.74, 6) is 0.104. The number of fused-ring (bicyclic) bond motifs is 1. The Balaban J connectivity index is 1.21. The van der Waals surface area contributed by atoms with E-state index in [1.54, 1.807) is 9.31 Å². The van der Waals surface area contributed by atoms with Crippen LogP contribution in [0.15, 0.2) is 76.2 Å². The van der Waals surface area contributed by atoms with Crippen LogP contribution in [0.4, 0.5) is 0 Å². The molecule has 8 heteroatoms. The first kappa shape index (κ1) is 31.4. The Labute approximate surface area is 268 Å². The molecule has 2 aliphatic heterocycles. The van der Waals surface area contributed by atoms with Gasteiger partial charge in [0.15, 0.2) is 0 Å². The fourth-order valence-electron chi connectivity index (χ4n) is 7.31. The van der Waals surface area contributed by atoms with Crippen LogP contribution in [0, 0.1) is 40.5 Å². The summed E-state index contributed by atoms with van der Waals surface area (Å²) < 4.78 is 29.4. The monoisotopic (exact) mass is 624 g/mol. The van der Waals surface area contributed by atoms with Gasteiger partial charge in [-0.25, -0.2) is 13.4 Å². The van der Waals surface area contributed by atoms with Crippen molar-refractivity contribution in [3.8, 4) is 0 Å². The number of rotatable bonds is 6. The second kappa shape index (κ2) is 12.7. The molecular formula is C37H44N4O3S. The van der Waals surface area contributed by atoms with Crippen molar-refractivity contribution in [3.63, 3.8) is 0 Å². The van der Waals surface area contributed by atoms with Crippen molar-refractivity contribution >= 4 is 27.7 Å². The number of nitrogens with zero attached hydrogens (tertiary/aromatic N) is 4. The van der Waals surface area contributed by atoms with Gasteiger partial charge in [-0.1, -0.05) is 60.7 Å². The van der Waals surface area contributed by atoms with E-state index in [0.717, 1.165) is 63.9 Å². The zero-order chi connectivity index (χ0) is 31.9. The van der Waals surface area contributed by atoms with Gasteiger partial charge in [-0.15, -0.1) is 0 Å². The van der Waals surface area contributed by atoms with Gasteiger partial charge < -0.3 is 0 Å². The molecule has 1 saturated carbocycles. The van der Waals surface area contributed by atoms with Crippen molar-refractivity contribution in [3.05, 3.63) is 105 Å². The molecule has 0 spiro atoms. The lowest BCUT2D eigenvalue weighted by Crippen LogP contribution is -2.51. The third kappa shape index (κ3) is 5.91. The van der Waals surface area contributed by atoms with E-state index < -0.39 is 10.0 Å². The summed E-state index contributed by atoms with van der Waals surface area (Å²) in [6, 6.07) is 20.4. The van der Waals surface area contributed by atoms with Crippen LogP contribution in [0.2, 0.25) is 0 Å². The van der Waals surface area contributed by atoms with Crippen LogP contribution >= 0.6 is 0 Å². The highest BCUT2D eigenvalue weighted by atomic mass is 32.2. The van der Waals surface area contributed by atoms with Crippen LogP contribution in [0.25, 0.3) is 6.08 Å². The van der Waals surface area contributed by atoms with Crippen LogP contribution in [0.1, 0.15) is 64.2 Å². The number of carbonyl (C=O) groups excluding carboxylic acids is 1. The number of benzene rings is 3. The lowest BCUT2D eigenvalue weighted by atomic mass is 9.77. The van der Waals surface area contributed by atoms with E-state index in [4.69, 9.17) is 5.10 Å². The molecule has 45 heavy (non-hydrogen) atoms. The molecule has 0 aromatic heterocycles. The fraction of sp³-hybridized carbons (Fsp3) is 0.405. The summed E-state index contributed by atoms with van der Waals surface area (Å²) in [6.07, 6.45) is 5.22. The van der Waals surface area contributed by atoms with Crippen LogP contribution in [-0.2, 0) is 14.8 Å². The topological polar surface area (TPSA) is 73.3 Å². The number of carbonyl (C=O) groups is 1. The molecule has 3 aliphatic rings. The molecule has 0 radical (unpaired) electrons. The van der Waals surface area contributed by atoms with Crippen LogP contribution in [-0.4, -0.2) is 67.0 Å². The van der Waals surface area contributed by atoms with E-state index in [2.05, 4.69) is 42.2 Å². The third-order valence-corrected chi connectivity index (χ3v) is 12.4. The molecule has 0 bridgehead atoms. The molecule has 236 valence electrons. The Morgan fingerprint density at radius 2 is 1.40 bits per heavy atom. The van der Waals surface area contributed by atoms with E-state index in [-0.39, 0.29) is 24.4 Å². The number of sulfonamides is 1. The largest absolute Gasteiger partial charge is 0.292 e. The van der Waals surface area contributed by atoms with Crippen molar-refractivity contribution in [1.29, 1.82) is 0 Å². The number of allylic oxidation sites excluding steroid dienone is 1. The smallest absolute Gasteiger partial charge is 0.257 e. The van der Waals surface area contributed by atoms with E-state index >= 15 is 0 Å². The summed E-state index contributed by atoms with van der Waals surface area (Å²) in [7, 11) is -3.66. The Kier molecular flexibility index (Phi) is 8.83. The van der Waals surface area contributed by atoms with Crippen molar-refractivity contribution in [2.75, 3.05) is 32.7 Å². The first-order chi connectivity index (χ1) is 21.6. The Morgan fingerprint density at radius 1 is 0.822 bits per heavy atom. The normalized spacial score (nSPS) is 22.0. The summed E-state index contributed by atoms with van der Waals surface area (Å²) in [5, 5.41) is 6.78. The summed E-state index contributed by atoms with van der Waals surface area (Å²) in [4.78, 5) is 16.5. The second-order valence-electron chi connectivity index (χ2n) is 12.8. The molecule has 1 saturated heterocycles. The molecule has 2 atom stereocenters. The molecule has 1 amide bonds. The highest BCUT2D eigenvalue weighted by molar-refractivity contribution is 7.89. The van der Waals surface area contributed by atoms with Gasteiger partial charge in [-0.3, -0.25) is 9.69 Å². The third-order valence-electron chi connectivity index (χ3n) is 10.3. The first-order valence-electron chi connectivity index (χ1n) is 16.1. The van der Waals surface area contributed by atoms with Gasteiger partial charge in [-0.05, 0) is 104 Å². The maximum absolute atomic E-state index is 14.0. The SMILES string of the molecule is Cc1c(C)c(C)c(S(=O)(=O)N2CCN(CC(=O)N3N=C4/C(=C\c5ccccc5)CCCC4C3c3ccccc3)CC2)c(C)c1C. The zero-order valence-electron chi connectivity index (χ0n) is 27.1. The summed E-state index contributed by atoms with van der Waals surface area (Å²) >= 11 is 0. The van der Waals surface area contributed by atoms with Gasteiger partial charge in [0.1, 0.15) is 0 Å². The van der Waals surface area contributed by atoms with Gasteiger partial charge in [0.25, 0.3) is 5.91 Å². The van der Waals surface area contributed by atoms with Crippen molar-refractivity contribution < 1.29 is 13.2 Å². The first-order valence-corrected chi connectivity index (χ1v) is 17.5. The van der Waals surface area contributed by atoms with Crippen LogP contribution in [0.3, 0.4) is 0 Å². The van der Waals surface area contributed by atoms with Crippen molar-refractivity contribution in [1.82, 2.24) is 14.2 Å². The number of piperazine rings is 1. The average molecular weight is 625 g/mol. The summed E-state index contributed by atoms with van der Waals surface area (Å²) in [6.45, 7) is 11.8. The van der Waals surface area contributed by atoms with Crippen LogP contribution < -0.4 is 0 Å². The highest BCUT2D eigenvalue weighted by Gasteiger charge is 2.44. The predicted octanol–water partition coefficient (Wildman–Crippen LogP) is 6.36. The minimum atomic E-state index is -3.66. The van der Waals surface area contributed by atoms with E-state index in [0.29, 0.717) is 31.1 Å². The van der Waals surface area contributed by atoms with E-state index in [1.807, 2.05) is 64.1 Å². The minimum Gasteiger partial charge on any atom is -0.292 e. The number of amides is 1. The van der Waals surface area contributed by atoms with Gasteiger partial charge >= 0.3 is 0 Å². The quantitative estimate of drug-likeness (QED) is 0.320. The molecule has 3 aromatic rings. The lowest BCUT2D eigenvalue weighted by Gasteiger charge is -2.35. The minimum absolute atomic E-state index is 0.0439. The van der Waals surface area contributed by atoms with Gasteiger partial charge in [0, 0.05) is 32.1 Å². The number of hydrazone groups is 1. The standard InChI is InChI=1S/C37H44N4O3S/c1-25-26(2)28(4)37(29(5)27(25)3)45(43,44)40-21-19-39(20-22-40)24-34(42)41-36(31-15-10-7-11-16-31)33-18-12-17-32(35(33)38-41)23-30-13-8-6-9-14-30/h6-11,13-16,23,33,36H,12,17-22,24H2,1-5H3/b32-23-. The predicted molar refractivity (Wildman–Crippen MR) is 181 cm³/mol. The molecule has 2 unspecified atom stereocenters. The zero-order valence-corrected chi connectivity index (χ0v) is 27.9. The van der Waals surface area contributed by atoms with Gasteiger partial charge in [0.05, 0.1) is 23.2 Å². The molecule has 0 N–H and O–H groups in total. The van der Waals surface area contributed by atoms with Crippen molar-refractivity contribution in [2.45, 2.75) is 64.8 Å². The molecule has 3 aromatic carbocycles. The maximum atomic E-state index is 14.0. The highest BCUT2D eigenvalue weighted by Crippen LogP contribution is 2.44. The molecule has 2 heterocycles. The lowest BCUT2D eigenvalue weighted by molar-refractivity contribution is -0.135. The Hall–Kier alpha value is -3.59. The molecule has 2 fully saturated rings. The molecular weight excluding hydrogens is 580 g/mol. The molecule has 7 nitrogen and oxygen atoms in total. The Bertz CT molecular complexity index is 1730. The molecule has 6 rings (SSSR count). The van der Waals surface area contributed by atoms with Crippen LogP contribution in [0.5, 0.6) is 0 Å². The second-order valence-corrected chi connectivity index (χ2v) is 14.7. The summed E-state index contributed by atoms with van der Waals surface area (Å²) in [5.41, 5.74) is 9.34. The Morgan fingerprint density at radius 3 is 2.02 bits per heavy atom. The fourth-order valence-corrected chi connectivity index (χ4v) is 9.30. The van der Waals surface area contributed by atoms with E-state index in [9.17, 15) is 13.2 Å². The van der Waals surface area contributed by atoms with Crippen molar-refractivity contribution in [2.24, 2.45) is 11.0 Å². The maximum Gasteiger partial charge on any atom is 0.257 e. The van der Waals surface area contributed by atoms with Gasteiger partial charge in [-0.2, -0.15) is 9.41 Å². The number of hydrogen-bond acceptors (Lipinski definition) is 5. The average Bonchev–Trinajstić information content (AvgIpc) is 3.45. The van der Waals surface area contributed by atoms with E-state index in [1.165, 1.54) is 5.57 Å². The molecule has 1 aliphatic carbocycles. The van der Waals surface area contributed by atoms with Gasteiger partial charge in [0.2, 0.25) is 10.0 Å². The number of hydrogen-bond donors (Lipinski definition) is 0.